The summed E-state index contributed by atoms with van der Waals surface area (Å²) < 4.78 is 12.5. The Kier molecular flexibility index (Phi) is 7.29. The van der Waals surface area contributed by atoms with Gasteiger partial charge in [-0.05, 0) is 74.2 Å². The van der Waals surface area contributed by atoms with E-state index in [0.29, 0.717) is 17.7 Å². The van der Waals surface area contributed by atoms with Crippen molar-refractivity contribution in [1.82, 2.24) is 4.90 Å². The number of nitrogens with zero attached hydrogens (tertiary/aromatic N) is 2. The summed E-state index contributed by atoms with van der Waals surface area (Å²) in [6.45, 7) is 20.5. The van der Waals surface area contributed by atoms with Gasteiger partial charge in [-0.25, -0.2) is 9.69 Å². The van der Waals surface area contributed by atoms with E-state index in [4.69, 9.17) is 9.16 Å². The minimum atomic E-state index is -2.35. The van der Waals surface area contributed by atoms with Gasteiger partial charge in [0.2, 0.25) is 0 Å². The van der Waals surface area contributed by atoms with Crippen LogP contribution < -0.4 is 4.90 Å². The molecule has 6 nitrogen and oxygen atoms in total. The molecule has 2 heterocycles. The predicted octanol–water partition coefficient (Wildman–Crippen LogP) is 6.47. The second-order valence-electron chi connectivity index (χ2n) is 10.6. The van der Waals surface area contributed by atoms with Gasteiger partial charge in [-0.3, -0.25) is 4.79 Å². The smallest absolute Gasteiger partial charge is 0.416 e. The van der Waals surface area contributed by atoms with Crippen molar-refractivity contribution in [3.05, 3.63) is 65.4 Å². The van der Waals surface area contributed by atoms with E-state index in [1.165, 1.54) is 0 Å². The second-order valence-corrected chi connectivity index (χ2v) is 15.4. The summed E-state index contributed by atoms with van der Waals surface area (Å²) in [6.07, 6.45) is 6.77. The Morgan fingerprint density at radius 3 is 2.47 bits per heavy atom. The van der Waals surface area contributed by atoms with Crippen LogP contribution in [0.15, 0.2) is 48.7 Å². The van der Waals surface area contributed by atoms with Gasteiger partial charge in [0.1, 0.15) is 6.61 Å². The van der Waals surface area contributed by atoms with Crippen LogP contribution in [0.5, 0.6) is 0 Å². The average molecular weight is 483 g/mol. The Bertz CT molecular complexity index is 1050. The van der Waals surface area contributed by atoms with Crippen LogP contribution >= 0.6 is 0 Å². The lowest BCUT2D eigenvalue weighted by molar-refractivity contribution is 0.0589. The van der Waals surface area contributed by atoms with Gasteiger partial charge in [0.05, 0.1) is 17.3 Å². The summed E-state index contributed by atoms with van der Waals surface area (Å²) in [7, 11) is -2.35. The molecule has 0 spiro atoms. The van der Waals surface area contributed by atoms with Crippen molar-refractivity contribution in [3.63, 3.8) is 0 Å². The standard InChI is InChI=1S/C27H38N2O4Si/c1-10-12-20-16-23-25(33-34(8,9)27(5,6)7)29(26(31)32-13-11-2)22-15-19(4)18(3)14-21(22)24(30)28(23)17-20/h10-12,14-15,17,23,25H,2,13,16H2,1,3-9H3/b12-10+/t23-,25-/m0/s1. The number of fused-ring (bicyclic) bond motifs is 2. The van der Waals surface area contributed by atoms with Crippen molar-refractivity contribution >= 4 is 26.0 Å². The maximum Gasteiger partial charge on any atom is 0.416 e. The lowest BCUT2D eigenvalue weighted by Gasteiger charge is -2.44. The number of carbonyl (C=O) groups excluding carboxylic acids is 2. The number of carbonyl (C=O) groups is 2. The van der Waals surface area contributed by atoms with Crippen LogP contribution in [0.25, 0.3) is 0 Å². The predicted molar refractivity (Wildman–Crippen MR) is 139 cm³/mol. The number of allylic oxidation sites excluding steroid dienone is 2. The third kappa shape index (κ3) is 4.77. The molecule has 0 radical (unpaired) electrons. The zero-order valence-corrected chi connectivity index (χ0v) is 22.8. The zero-order chi connectivity index (χ0) is 25.4. The van der Waals surface area contributed by atoms with Crippen molar-refractivity contribution < 1.29 is 18.8 Å². The molecule has 0 N–H and O–H groups in total. The molecule has 0 fully saturated rings. The Balaban J connectivity index is 2.26. The molecular formula is C27H38N2O4Si. The fourth-order valence-corrected chi connectivity index (χ4v) is 5.29. The summed E-state index contributed by atoms with van der Waals surface area (Å²) in [6, 6.07) is 3.41. The lowest BCUT2D eigenvalue weighted by Crippen LogP contribution is -2.57. The molecule has 7 heteroatoms. The van der Waals surface area contributed by atoms with Crippen LogP contribution in [0.4, 0.5) is 10.5 Å². The molecule has 0 saturated carbocycles. The van der Waals surface area contributed by atoms with Crippen molar-refractivity contribution in [3.8, 4) is 0 Å². The molecule has 0 aliphatic carbocycles. The number of hydrogen-bond donors (Lipinski definition) is 0. The summed E-state index contributed by atoms with van der Waals surface area (Å²) in [5.74, 6) is -0.134. The number of rotatable bonds is 5. The third-order valence-electron chi connectivity index (χ3n) is 7.15. The van der Waals surface area contributed by atoms with E-state index in [1.807, 2.05) is 51.3 Å². The molecule has 2 aliphatic heterocycles. The second kappa shape index (κ2) is 9.54. The normalized spacial score (nSPS) is 20.7. The number of amides is 2. The number of ether oxygens (including phenoxy) is 1. The van der Waals surface area contributed by atoms with Crippen LogP contribution in [-0.4, -0.2) is 44.1 Å². The summed E-state index contributed by atoms with van der Waals surface area (Å²) in [4.78, 5) is 30.7. The van der Waals surface area contributed by atoms with Crippen LogP contribution in [0.2, 0.25) is 18.1 Å². The van der Waals surface area contributed by atoms with E-state index in [0.717, 1.165) is 16.7 Å². The molecular weight excluding hydrogens is 444 g/mol. The van der Waals surface area contributed by atoms with Crippen LogP contribution in [0.1, 0.15) is 55.6 Å². The van der Waals surface area contributed by atoms with Crippen molar-refractivity contribution in [2.75, 3.05) is 11.5 Å². The Hall–Kier alpha value is -2.64. The van der Waals surface area contributed by atoms with Gasteiger partial charge in [0.25, 0.3) is 5.91 Å². The molecule has 2 atom stereocenters. The first kappa shape index (κ1) is 26.0. The zero-order valence-electron chi connectivity index (χ0n) is 21.8. The first-order valence-electron chi connectivity index (χ1n) is 11.8. The highest BCUT2D eigenvalue weighted by atomic mass is 28.4. The molecule has 0 saturated heterocycles. The van der Waals surface area contributed by atoms with Crippen molar-refractivity contribution in [1.29, 1.82) is 0 Å². The molecule has 0 bridgehead atoms. The highest BCUT2D eigenvalue weighted by Gasteiger charge is 2.50. The summed E-state index contributed by atoms with van der Waals surface area (Å²) in [5, 5.41) is -0.0883. The lowest BCUT2D eigenvalue weighted by atomic mass is 10.0. The Labute approximate surface area is 205 Å². The van der Waals surface area contributed by atoms with Gasteiger partial charge in [0.15, 0.2) is 14.5 Å². The Morgan fingerprint density at radius 1 is 1.24 bits per heavy atom. The monoisotopic (exact) mass is 482 g/mol. The molecule has 1 aromatic carbocycles. The fourth-order valence-electron chi connectivity index (χ4n) is 4.07. The van der Waals surface area contributed by atoms with Gasteiger partial charge < -0.3 is 14.1 Å². The molecule has 184 valence electrons. The van der Waals surface area contributed by atoms with Gasteiger partial charge in [-0.15, -0.1) is 0 Å². The quantitative estimate of drug-likeness (QED) is 0.356. The third-order valence-corrected chi connectivity index (χ3v) is 11.6. The number of hydrogen-bond acceptors (Lipinski definition) is 4. The van der Waals surface area contributed by atoms with E-state index < -0.39 is 20.6 Å². The first-order valence-corrected chi connectivity index (χ1v) is 14.7. The van der Waals surface area contributed by atoms with Gasteiger partial charge >= 0.3 is 6.09 Å². The van der Waals surface area contributed by atoms with E-state index in [2.05, 4.69) is 40.4 Å². The molecule has 1 aromatic rings. The molecule has 34 heavy (non-hydrogen) atoms. The SMILES string of the molecule is C=CCOC(=O)N1c2cc(C)c(C)cc2C(=O)N2C=C(/C=C/C)C[C@H]2[C@@H]1O[Si](C)(C)C(C)(C)C. The first-order chi connectivity index (χ1) is 15.8. The summed E-state index contributed by atoms with van der Waals surface area (Å²) >= 11 is 0. The molecule has 2 aliphatic rings. The van der Waals surface area contributed by atoms with E-state index >= 15 is 0 Å². The van der Waals surface area contributed by atoms with Gasteiger partial charge in [0, 0.05) is 6.20 Å². The minimum Gasteiger partial charge on any atom is -0.445 e. The van der Waals surface area contributed by atoms with Crippen molar-refractivity contribution in [2.24, 2.45) is 0 Å². The van der Waals surface area contributed by atoms with Gasteiger partial charge in [-0.2, -0.15) is 0 Å². The van der Waals surface area contributed by atoms with E-state index in [9.17, 15) is 9.59 Å². The molecule has 3 rings (SSSR count). The minimum absolute atomic E-state index is 0.0761. The van der Waals surface area contributed by atoms with Crippen LogP contribution in [0, 0.1) is 13.8 Å². The molecule has 2 amide bonds. The average Bonchev–Trinajstić information content (AvgIpc) is 3.13. The van der Waals surface area contributed by atoms with E-state index in [-0.39, 0.29) is 23.6 Å². The largest absolute Gasteiger partial charge is 0.445 e. The highest BCUT2D eigenvalue weighted by Crippen LogP contribution is 2.43. The maximum atomic E-state index is 13.8. The van der Waals surface area contributed by atoms with E-state index in [1.54, 1.807) is 15.9 Å². The van der Waals surface area contributed by atoms with Gasteiger partial charge in [-0.1, -0.05) is 45.6 Å². The number of aryl methyl sites for hydroxylation is 2. The maximum absolute atomic E-state index is 13.8. The van der Waals surface area contributed by atoms with Crippen LogP contribution in [0.3, 0.4) is 0 Å². The topological polar surface area (TPSA) is 59.1 Å². The number of anilines is 1. The molecule has 0 unspecified atom stereocenters. The van der Waals surface area contributed by atoms with Crippen molar-refractivity contribution in [2.45, 2.75) is 78.4 Å². The number of benzene rings is 1. The fraction of sp³-hybridized carbons (Fsp3) is 0.481. The highest BCUT2D eigenvalue weighted by molar-refractivity contribution is 6.74. The Morgan fingerprint density at radius 2 is 1.88 bits per heavy atom. The molecule has 0 aromatic heterocycles. The van der Waals surface area contributed by atoms with Crippen LogP contribution in [-0.2, 0) is 9.16 Å². The summed E-state index contributed by atoms with van der Waals surface area (Å²) in [5.41, 5.74) is 4.01.